The SMILES string of the molecule is CC(=O)NC(C)CC(N)N=C(N)N.Cl. The summed E-state index contributed by atoms with van der Waals surface area (Å²) >= 11 is 0. The van der Waals surface area contributed by atoms with E-state index in [4.69, 9.17) is 17.2 Å². The molecule has 0 bridgehead atoms. The molecular weight excluding hydrogens is 206 g/mol. The number of guanidine groups is 1. The zero-order chi connectivity index (χ0) is 10.4. The number of amides is 1. The van der Waals surface area contributed by atoms with Crippen LogP contribution in [0.2, 0.25) is 0 Å². The number of carbonyl (C=O) groups excluding carboxylic acids is 1. The van der Waals surface area contributed by atoms with Gasteiger partial charge in [-0.3, -0.25) is 4.79 Å². The van der Waals surface area contributed by atoms with Crippen LogP contribution in [-0.4, -0.2) is 24.1 Å². The number of nitrogens with one attached hydrogen (secondary N) is 1. The molecule has 2 atom stereocenters. The lowest BCUT2D eigenvalue weighted by atomic mass is 10.2. The quantitative estimate of drug-likeness (QED) is 0.357. The van der Waals surface area contributed by atoms with Crippen molar-refractivity contribution >= 4 is 24.3 Å². The summed E-state index contributed by atoms with van der Waals surface area (Å²) in [4.78, 5) is 14.3. The Labute approximate surface area is 89.7 Å². The molecule has 0 aromatic carbocycles. The Morgan fingerprint density at radius 2 is 2.00 bits per heavy atom. The van der Waals surface area contributed by atoms with Crippen molar-refractivity contribution in [1.82, 2.24) is 5.32 Å². The Bertz CT molecular complexity index is 204. The molecule has 0 aliphatic carbocycles. The predicted octanol–water partition coefficient (Wildman–Crippen LogP) is -1.12. The number of hydrogen-bond acceptors (Lipinski definition) is 3. The Balaban J connectivity index is 0. The van der Waals surface area contributed by atoms with Crippen LogP contribution in [0.1, 0.15) is 20.3 Å². The Kier molecular flexibility index (Phi) is 8.17. The maximum Gasteiger partial charge on any atom is 0.217 e. The number of nitrogens with two attached hydrogens (primary N) is 3. The molecule has 1 amide bonds. The first-order valence-corrected chi connectivity index (χ1v) is 4.03. The summed E-state index contributed by atoms with van der Waals surface area (Å²) in [5.41, 5.74) is 15.8. The molecule has 7 heteroatoms. The van der Waals surface area contributed by atoms with Gasteiger partial charge >= 0.3 is 0 Å². The molecule has 0 saturated carbocycles. The molecule has 7 N–H and O–H groups in total. The van der Waals surface area contributed by atoms with Gasteiger partial charge in [-0.1, -0.05) is 0 Å². The number of halogens is 1. The van der Waals surface area contributed by atoms with E-state index in [-0.39, 0.29) is 30.3 Å². The lowest BCUT2D eigenvalue weighted by molar-refractivity contribution is -0.119. The fourth-order valence-corrected chi connectivity index (χ4v) is 1.01. The van der Waals surface area contributed by atoms with E-state index in [0.717, 1.165) is 0 Å². The molecule has 0 aromatic heterocycles. The van der Waals surface area contributed by atoms with Crippen molar-refractivity contribution in [3.63, 3.8) is 0 Å². The smallest absolute Gasteiger partial charge is 0.217 e. The first-order valence-electron chi connectivity index (χ1n) is 4.03. The minimum absolute atomic E-state index is 0. The van der Waals surface area contributed by atoms with E-state index in [1.807, 2.05) is 6.92 Å². The highest BCUT2D eigenvalue weighted by Crippen LogP contribution is 1.96. The van der Waals surface area contributed by atoms with Gasteiger partial charge in [0.2, 0.25) is 5.91 Å². The standard InChI is InChI=1S/C7H17N5O.ClH/c1-4(11-5(2)13)3-6(8)12-7(9)10;/h4,6H,3,8H2,1-2H3,(H,11,13)(H4,9,10,12);1H. The maximum absolute atomic E-state index is 10.6. The molecule has 0 heterocycles. The van der Waals surface area contributed by atoms with Crippen LogP contribution in [0, 0.1) is 0 Å². The van der Waals surface area contributed by atoms with Gasteiger partial charge in [-0.25, -0.2) is 4.99 Å². The van der Waals surface area contributed by atoms with Crippen LogP contribution in [-0.2, 0) is 4.79 Å². The average molecular weight is 224 g/mol. The largest absolute Gasteiger partial charge is 0.370 e. The first-order chi connectivity index (χ1) is 5.91. The van der Waals surface area contributed by atoms with Crippen molar-refractivity contribution in [3.05, 3.63) is 0 Å². The summed E-state index contributed by atoms with van der Waals surface area (Å²) in [7, 11) is 0. The van der Waals surface area contributed by atoms with Crippen molar-refractivity contribution in [2.24, 2.45) is 22.2 Å². The second-order valence-electron chi connectivity index (χ2n) is 2.96. The van der Waals surface area contributed by atoms with E-state index in [2.05, 4.69) is 10.3 Å². The van der Waals surface area contributed by atoms with E-state index >= 15 is 0 Å². The second-order valence-corrected chi connectivity index (χ2v) is 2.96. The van der Waals surface area contributed by atoms with Gasteiger partial charge in [0.1, 0.15) is 6.17 Å². The Morgan fingerprint density at radius 1 is 1.50 bits per heavy atom. The van der Waals surface area contributed by atoms with Crippen molar-refractivity contribution in [2.45, 2.75) is 32.5 Å². The number of aliphatic imine (C=N–C) groups is 1. The molecule has 0 fully saturated rings. The van der Waals surface area contributed by atoms with Crippen LogP contribution in [0.15, 0.2) is 4.99 Å². The summed E-state index contributed by atoms with van der Waals surface area (Å²) in [6.45, 7) is 3.28. The Morgan fingerprint density at radius 3 is 2.36 bits per heavy atom. The lowest BCUT2D eigenvalue weighted by Crippen LogP contribution is -2.37. The number of carbonyl (C=O) groups is 1. The Hall–Kier alpha value is -1.01. The van der Waals surface area contributed by atoms with Crippen molar-refractivity contribution in [3.8, 4) is 0 Å². The topological polar surface area (TPSA) is 120 Å². The fourth-order valence-electron chi connectivity index (χ4n) is 1.01. The van der Waals surface area contributed by atoms with Gasteiger partial charge in [-0.2, -0.15) is 0 Å². The van der Waals surface area contributed by atoms with Gasteiger partial charge < -0.3 is 22.5 Å². The summed E-state index contributed by atoms with van der Waals surface area (Å²) < 4.78 is 0. The molecular formula is C7H18ClN5O. The zero-order valence-electron chi connectivity index (χ0n) is 8.36. The van der Waals surface area contributed by atoms with Crippen LogP contribution in [0.3, 0.4) is 0 Å². The third-order valence-corrected chi connectivity index (χ3v) is 1.36. The van der Waals surface area contributed by atoms with Gasteiger partial charge in [0.05, 0.1) is 0 Å². The minimum Gasteiger partial charge on any atom is -0.370 e. The summed E-state index contributed by atoms with van der Waals surface area (Å²) in [5.74, 6) is -0.132. The highest BCUT2D eigenvalue weighted by Gasteiger charge is 2.08. The van der Waals surface area contributed by atoms with Crippen molar-refractivity contribution in [2.75, 3.05) is 0 Å². The lowest BCUT2D eigenvalue weighted by Gasteiger charge is -2.14. The van der Waals surface area contributed by atoms with Gasteiger partial charge in [0, 0.05) is 19.4 Å². The van der Waals surface area contributed by atoms with Crippen molar-refractivity contribution in [1.29, 1.82) is 0 Å². The van der Waals surface area contributed by atoms with E-state index in [1.165, 1.54) is 6.92 Å². The molecule has 0 saturated heterocycles. The minimum atomic E-state index is -0.466. The third-order valence-electron chi connectivity index (χ3n) is 1.36. The monoisotopic (exact) mass is 223 g/mol. The third kappa shape index (κ3) is 9.08. The summed E-state index contributed by atoms with van der Waals surface area (Å²) in [5, 5.41) is 2.68. The first kappa shape index (κ1) is 15.5. The predicted molar refractivity (Wildman–Crippen MR) is 58.9 cm³/mol. The number of nitrogens with zero attached hydrogens (tertiary/aromatic N) is 1. The van der Waals surface area contributed by atoms with Gasteiger partial charge in [0.25, 0.3) is 0 Å². The number of hydrogen-bond donors (Lipinski definition) is 4. The number of rotatable bonds is 4. The molecule has 2 unspecified atom stereocenters. The zero-order valence-corrected chi connectivity index (χ0v) is 9.17. The summed E-state index contributed by atoms with van der Waals surface area (Å²) in [6, 6.07) is -0.0319. The molecule has 0 rings (SSSR count). The van der Waals surface area contributed by atoms with Gasteiger partial charge in [-0.15, -0.1) is 12.4 Å². The molecule has 0 radical (unpaired) electrons. The van der Waals surface area contributed by atoms with Crippen LogP contribution >= 0.6 is 12.4 Å². The molecule has 14 heavy (non-hydrogen) atoms. The van der Waals surface area contributed by atoms with Crippen LogP contribution in [0.4, 0.5) is 0 Å². The van der Waals surface area contributed by atoms with Crippen LogP contribution in [0.25, 0.3) is 0 Å². The van der Waals surface area contributed by atoms with Gasteiger partial charge in [-0.05, 0) is 6.92 Å². The van der Waals surface area contributed by atoms with Crippen molar-refractivity contribution < 1.29 is 4.79 Å². The van der Waals surface area contributed by atoms with E-state index < -0.39 is 6.17 Å². The van der Waals surface area contributed by atoms with Gasteiger partial charge in [0.15, 0.2) is 5.96 Å². The highest BCUT2D eigenvalue weighted by molar-refractivity contribution is 5.85. The van der Waals surface area contributed by atoms with E-state index in [0.29, 0.717) is 6.42 Å². The normalized spacial score (nSPS) is 13.4. The second kappa shape index (κ2) is 7.40. The summed E-state index contributed by atoms with van der Waals surface area (Å²) in [6.07, 6.45) is 0.0455. The van der Waals surface area contributed by atoms with E-state index in [1.54, 1.807) is 0 Å². The molecule has 0 aliphatic rings. The van der Waals surface area contributed by atoms with Crippen LogP contribution < -0.4 is 22.5 Å². The molecule has 84 valence electrons. The maximum atomic E-state index is 10.6. The molecule has 0 aromatic rings. The van der Waals surface area contributed by atoms with E-state index in [9.17, 15) is 4.79 Å². The molecule has 0 spiro atoms. The average Bonchev–Trinajstić information content (AvgIpc) is 1.80. The molecule has 6 nitrogen and oxygen atoms in total. The van der Waals surface area contributed by atoms with Crippen LogP contribution in [0.5, 0.6) is 0 Å². The molecule has 0 aliphatic heterocycles. The highest BCUT2D eigenvalue weighted by atomic mass is 35.5. The fraction of sp³-hybridized carbons (Fsp3) is 0.714.